The summed E-state index contributed by atoms with van der Waals surface area (Å²) in [5, 5.41) is 17.6. The summed E-state index contributed by atoms with van der Waals surface area (Å²) in [6, 6.07) is 23.7. The van der Waals surface area contributed by atoms with E-state index in [1.165, 1.54) is 6.07 Å². The zero-order chi connectivity index (χ0) is 39.6. The maximum absolute atomic E-state index is 15.6. The number of nitrogens with zero attached hydrogens (tertiary/aromatic N) is 2. The Kier molecular flexibility index (Phi) is 8.03. The number of carbonyl (C=O) groups is 2. The number of aryl methyl sites for hydroxylation is 1. The van der Waals surface area contributed by atoms with Gasteiger partial charge in [0.1, 0.15) is 18.0 Å². The van der Waals surface area contributed by atoms with Gasteiger partial charge in [0, 0.05) is 22.6 Å². The van der Waals surface area contributed by atoms with E-state index in [1.807, 2.05) is 43.3 Å². The molecule has 0 unspecified atom stereocenters. The van der Waals surface area contributed by atoms with Gasteiger partial charge >= 0.3 is 5.97 Å². The number of carbonyl (C=O) groups excluding carboxylic acids is 2. The summed E-state index contributed by atoms with van der Waals surface area (Å²) in [5.41, 5.74) is 0.278. The van der Waals surface area contributed by atoms with Crippen LogP contribution in [0.15, 0.2) is 77.6 Å². The largest absolute Gasteiger partial charge is 0.458 e. The second-order valence-corrected chi connectivity index (χ2v) is 21.5. The van der Waals surface area contributed by atoms with Crippen LogP contribution in [0.2, 0.25) is 5.04 Å². The van der Waals surface area contributed by atoms with Gasteiger partial charge in [0.05, 0.1) is 34.6 Å². The number of amides is 1. The van der Waals surface area contributed by atoms with Crippen molar-refractivity contribution in [1.29, 1.82) is 0 Å². The molecule has 1 saturated carbocycles. The molecule has 0 spiro atoms. The number of halogens is 1. The van der Waals surface area contributed by atoms with E-state index in [9.17, 15) is 14.7 Å². The molecule has 4 heterocycles. The van der Waals surface area contributed by atoms with Gasteiger partial charge in [-0.15, -0.1) is 0 Å². The monoisotopic (exact) mass is 771 g/mol. The zero-order valence-electron chi connectivity index (χ0n) is 32.6. The van der Waals surface area contributed by atoms with Gasteiger partial charge in [-0.1, -0.05) is 88.4 Å². The fraction of sp³-hybridized carbons (Fsp3) is 0.378. The maximum Gasteiger partial charge on any atom is 0.343 e. The van der Waals surface area contributed by atoms with Crippen LogP contribution in [0.4, 0.5) is 4.39 Å². The minimum absolute atomic E-state index is 0.0145. The highest BCUT2D eigenvalue weighted by atomic mass is 28.4. The number of esters is 1. The van der Waals surface area contributed by atoms with E-state index in [0.717, 1.165) is 32.5 Å². The van der Waals surface area contributed by atoms with Crippen molar-refractivity contribution in [1.82, 2.24) is 14.9 Å². The van der Waals surface area contributed by atoms with Gasteiger partial charge in [-0.2, -0.15) is 0 Å². The summed E-state index contributed by atoms with van der Waals surface area (Å²) < 4.78 is 30.0. The van der Waals surface area contributed by atoms with E-state index in [-0.39, 0.29) is 53.0 Å². The summed E-state index contributed by atoms with van der Waals surface area (Å²) in [6.07, 6.45) is 2.14. The molecule has 5 aromatic rings. The van der Waals surface area contributed by atoms with Crippen molar-refractivity contribution in [3.05, 3.63) is 122 Å². The molecule has 2 atom stereocenters. The van der Waals surface area contributed by atoms with Gasteiger partial charge in [-0.05, 0) is 84.1 Å². The van der Waals surface area contributed by atoms with Crippen molar-refractivity contribution in [3.63, 3.8) is 0 Å². The molecular weight excluding hydrogens is 726 g/mol. The lowest BCUT2D eigenvalue weighted by Gasteiger charge is -2.46. The van der Waals surface area contributed by atoms with Crippen molar-refractivity contribution >= 4 is 41.5 Å². The first-order chi connectivity index (χ1) is 26.6. The average Bonchev–Trinajstić information content (AvgIpc) is 3.88. The summed E-state index contributed by atoms with van der Waals surface area (Å²) in [4.78, 5) is 47.1. The number of cyclic esters (lactones) is 1. The van der Waals surface area contributed by atoms with Crippen LogP contribution >= 0.6 is 0 Å². The minimum Gasteiger partial charge on any atom is -0.458 e. The summed E-state index contributed by atoms with van der Waals surface area (Å²) in [7, 11) is -3.10. The van der Waals surface area contributed by atoms with E-state index in [2.05, 4.69) is 50.4 Å². The molecule has 0 bridgehead atoms. The Balaban J connectivity index is 1.19. The number of rotatable bonds is 7. The van der Waals surface area contributed by atoms with E-state index in [4.69, 9.17) is 14.1 Å². The highest BCUT2D eigenvalue weighted by Crippen LogP contribution is 2.51. The fourth-order valence-corrected chi connectivity index (χ4v) is 14.5. The Hall–Kier alpha value is -4.97. The van der Waals surface area contributed by atoms with E-state index < -0.39 is 31.0 Å². The number of nitrogens with one attached hydrogen (secondary N) is 1. The Morgan fingerprint density at radius 1 is 1.00 bits per heavy atom. The van der Waals surface area contributed by atoms with Gasteiger partial charge in [-0.25, -0.2) is 14.2 Å². The number of benzene rings is 3. The lowest BCUT2D eigenvalue weighted by molar-refractivity contribution is -0.172. The molecule has 0 radical (unpaired) electrons. The van der Waals surface area contributed by atoms with E-state index >= 15 is 9.18 Å². The number of fused-ring (bicyclic) bond motifs is 5. The zero-order valence-corrected chi connectivity index (χ0v) is 33.6. The molecule has 2 aliphatic carbocycles. The molecule has 1 amide bonds. The molecule has 1 fully saturated rings. The molecule has 288 valence electrons. The van der Waals surface area contributed by atoms with Crippen LogP contribution in [0.5, 0.6) is 0 Å². The smallest absolute Gasteiger partial charge is 0.343 e. The molecule has 9 rings (SSSR count). The average molecular weight is 772 g/mol. The molecule has 0 saturated heterocycles. The van der Waals surface area contributed by atoms with Gasteiger partial charge in [0.25, 0.3) is 19.8 Å². The van der Waals surface area contributed by atoms with Crippen LogP contribution in [0.1, 0.15) is 93.7 Å². The molecule has 4 aliphatic rings. The van der Waals surface area contributed by atoms with Gasteiger partial charge in [0.15, 0.2) is 5.60 Å². The lowest BCUT2D eigenvalue weighted by atomic mass is 9.74. The standard InChI is InChI=1S/C45H46FN3O6Si/c1-7-45(53)32-22-35-38-30(24-49(35)39(50)31(32)25-54-41(45)52)37-36-29(26(2)33(46)23-34(36)47-38)18-19-43(37,6)48-40(51)44(20-21-44)55-56(42(3,4)5,27-14-10-8-11-15-27)28-16-12-9-13-17-28/h8-17,22-23,53H,7,18-21,24-25H2,1-6H3,(H,48,51)/t43-,45-/m0/s1. The second-order valence-electron chi connectivity index (χ2n) is 17.3. The molecule has 2 aromatic heterocycles. The Morgan fingerprint density at radius 2 is 1.64 bits per heavy atom. The molecular formula is C45H46FN3O6Si. The van der Waals surface area contributed by atoms with E-state index in [1.54, 1.807) is 24.5 Å². The van der Waals surface area contributed by atoms with Crippen molar-refractivity contribution in [2.45, 2.75) is 109 Å². The summed E-state index contributed by atoms with van der Waals surface area (Å²) >= 11 is 0. The van der Waals surface area contributed by atoms with Crippen LogP contribution in [0.25, 0.3) is 22.3 Å². The number of aromatic nitrogens is 2. The lowest BCUT2D eigenvalue weighted by Crippen LogP contribution is -2.69. The number of hydrogen-bond donors (Lipinski definition) is 2. The second kappa shape index (κ2) is 12.3. The summed E-state index contributed by atoms with van der Waals surface area (Å²) in [6.45, 7) is 12.0. The number of pyridine rings is 2. The third kappa shape index (κ3) is 5.02. The number of aliphatic hydroxyl groups is 1. The fourth-order valence-electron chi connectivity index (χ4n) is 9.73. The first-order valence-corrected chi connectivity index (χ1v) is 21.5. The van der Waals surface area contributed by atoms with Crippen molar-refractivity contribution in [2.24, 2.45) is 0 Å². The predicted molar refractivity (Wildman–Crippen MR) is 214 cm³/mol. The SMILES string of the molecule is CC[C@@]1(O)C(=O)OCc2c1cc1n(c2=O)Cc2c-1nc1cc(F)c(C)c3c1c2[C@@](C)(NC(=O)C1(O[Si](c2ccccc2)(c2ccccc2)C(C)(C)C)CC1)CC3. The van der Waals surface area contributed by atoms with E-state index in [0.29, 0.717) is 48.2 Å². The highest BCUT2D eigenvalue weighted by molar-refractivity contribution is 6.99. The third-order valence-corrected chi connectivity index (χ3v) is 18.1. The third-order valence-electron chi connectivity index (χ3n) is 13.0. The Labute approximate surface area is 326 Å². The molecule has 9 nitrogen and oxygen atoms in total. The first kappa shape index (κ1) is 36.7. The predicted octanol–water partition coefficient (Wildman–Crippen LogP) is 5.91. The van der Waals surface area contributed by atoms with Gasteiger partial charge in [0.2, 0.25) is 0 Å². The summed E-state index contributed by atoms with van der Waals surface area (Å²) in [5.74, 6) is -1.37. The van der Waals surface area contributed by atoms with Crippen molar-refractivity contribution in [2.75, 3.05) is 0 Å². The van der Waals surface area contributed by atoms with Crippen molar-refractivity contribution in [3.8, 4) is 11.4 Å². The van der Waals surface area contributed by atoms with Crippen LogP contribution in [0.3, 0.4) is 0 Å². The van der Waals surface area contributed by atoms with Crippen LogP contribution in [-0.2, 0) is 49.5 Å². The maximum atomic E-state index is 15.6. The van der Waals surface area contributed by atoms with Crippen molar-refractivity contribution < 1.29 is 28.2 Å². The molecule has 2 aliphatic heterocycles. The number of hydrogen-bond acceptors (Lipinski definition) is 7. The quantitative estimate of drug-likeness (QED) is 0.153. The van der Waals surface area contributed by atoms with Gasteiger partial charge in [-0.3, -0.25) is 9.59 Å². The molecule has 56 heavy (non-hydrogen) atoms. The first-order valence-electron chi connectivity index (χ1n) is 19.5. The normalized spacial score (nSPS) is 21.9. The Morgan fingerprint density at radius 3 is 2.23 bits per heavy atom. The van der Waals surface area contributed by atoms with Crippen LogP contribution in [-0.4, -0.2) is 40.5 Å². The molecule has 2 N–H and O–H groups in total. The van der Waals surface area contributed by atoms with Gasteiger partial charge < -0.3 is 24.2 Å². The minimum atomic E-state index is -3.10. The van der Waals surface area contributed by atoms with Crippen LogP contribution < -0.4 is 21.2 Å². The van der Waals surface area contributed by atoms with Crippen LogP contribution in [0, 0.1) is 12.7 Å². The number of ether oxygens (including phenoxy) is 1. The molecule has 11 heteroatoms. The topological polar surface area (TPSA) is 120 Å². The Bertz CT molecular complexity index is 2520. The molecule has 3 aromatic carbocycles. The highest BCUT2D eigenvalue weighted by Gasteiger charge is 2.62.